The summed E-state index contributed by atoms with van der Waals surface area (Å²) in [5.41, 5.74) is -0.280. The number of halogens is 1. The number of hydrogen-bond acceptors (Lipinski definition) is 2. The van der Waals surface area contributed by atoms with Crippen LogP contribution in [-0.4, -0.2) is 22.5 Å². The average Bonchev–Trinajstić information content (AvgIpc) is 2.21. The number of rotatable bonds is 3. The third kappa shape index (κ3) is 2.97. The molecule has 17 heavy (non-hydrogen) atoms. The SMILES string of the molecule is Cc1cccc(C(=O)NC(C)(C)C(=O)O)c1Cl. The van der Waals surface area contributed by atoms with Gasteiger partial charge in [0.25, 0.3) is 5.91 Å². The molecule has 1 aromatic rings. The second kappa shape index (κ2) is 4.75. The molecule has 4 nitrogen and oxygen atoms in total. The monoisotopic (exact) mass is 255 g/mol. The van der Waals surface area contributed by atoms with Crippen LogP contribution in [-0.2, 0) is 4.79 Å². The highest BCUT2D eigenvalue weighted by Crippen LogP contribution is 2.20. The number of nitrogens with one attached hydrogen (secondary N) is 1. The highest BCUT2D eigenvalue weighted by molar-refractivity contribution is 6.34. The molecule has 1 rings (SSSR count). The van der Waals surface area contributed by atoms with Gasteiger partial charge in [0.1, 0.15) is 5.54 Å². The number of aryl methyl sites for hydroxylation is 1. The summed E-state index contributed by atoms with van der Waals surface area (Å²) in [6.45, 7) is 4.61. The summed E-state index contributed by atoms with van der Waals surface area (Å²) in [6, 6.07) is 5.04. The first-order chi connectivity index (χ1) is 7.75. The Bertz CT molecular complexity index is 469. The summed E-state index contributed by atoms with van der Waals surface area (Å²) in [6.07, 6.45) is 0. The van der Waals surface area contributed by atoms with Gasteiger partial charge in [-0.15, -0.1) is 0 Å². The summed E-state index contributed by atoms with van der Waals surface area (Å²) >= 11 is 5.99. The number of hydrogen-bond donors (Lipinski definition) is 2. The molecule has 0 spiro atoms. The highest BCUT2D eigenvalue weighted by Gasteiger charge is 2.29. The molecular weight excluding hydrogens is 242 g/mol. The smallest absolute Gasteiger partial charge is 0.328 e. The van der Waals surface area contributed by atoms with Crippen molar-refractivity contribution >= 4 is 23.5 Å². The van der Waals surface area contributed by atoms with Gasteiger partial charge < -0.3 is 10.4 Å². The maximum atomic E-state index is 11.9. The van der Waals surface area contributed by atoms with Gasteiger partial charge in [-0.25, -0.2) is 4.79 Å². The molecule has 0 bridgehead atoms. The Hall–Kier alpha value is -1.55. The summed E-state index contributed by atoms with van der Waals surface area (Å²) in [5.74, 6) is -1.60. The molecule has 0 aliphatic rings. The highest BCUT2D eigenvalue weighted by atomic mass is 35.5. The molecule has 0 unspecified atom stereocenters. The third-order valence-electron chi connectivity index (χ3n) is 2.40. The van der Waals surface area contributed by atoms with Crippen molar-refractivity contribution in [3.8, 4) is 0 Å². The number of carboxylic acid groups (broad SMARTS) is 1. The van der Waals surface area contributed by atoms with Gasteiger partial charge in [0.2, 0.25) is 0 Å². The Morgan fingerprint density at radius 2 is 1.94 bits per heavy atom. The lowest BCUT2D eigenvalue weighted by Crippen LogP contribution is -2.49. The third-order valence-corrected chi connectivity index (χ3v) is 2.90. The molecular formula is C12H14ClNO3. The molecule has 0 heterocycles. The lowest BCUT2D eigenvalue weighted by atomic mass is 10.0. The lowest BCUT2D eigenvalue weighted by molar-refractivity contribution is -0.143. The predicted octanol–water partition coefficient (Wildman–Crippen LogP) is 2.24. The van der Waals surface area contributed by atoms with Crippen LogP contribution in [0, 0.1) is 6.92 Å². The van der Waals surface area contributed by atoms with Gasteiger partial charge >= 0.3 is 5.97 Å². The molecule has 2 N–H and O–H groups in total. The van der Waals surface area contributed by atoms with Gasteiger partial charge in [-0.1, -0.05) is 23.7 Å². The molecule has 0 atom stereocenters. The molecule has 92 valence electrons. The maximum absolute atomic E-state index is 11.9. The van der Waals surface area contributed by atoms with E-state index < -0.39 is 17.4 Å². The number of amides is 1. The number of benzene rings is 1. The zero-order chi connectivity index (χ0) is 13.2. The summed E-state index contributed by atoms with van der Waals surface area (Å²) in [7, 11) is 0. The Balaban J connectivity index is 2.99. The largest absolute Gasteiger partial charge is 0.480 e. The summed E-state index contributed by atoms with van der Waals surface area (Å²) in [4.78, 5) is 22.8. The minimum absolute atomic E-state index is 0.279. The second-order valence-electron chi connectivity index (χ2n) is 4.32. The van der Waals surface area contributed by atoms with Crippen LogP contribution in [0.3, 0.4) is 0 Å². The van der Waals surface area contributed by atoms with Crippen LogP contribution in [0.5, 0.6) is 0 Å². The second-order valence-corrected chi connectivity index (χ2v) is 4.70. The van der Waals surface area contributed by atoms with Crippen LogP contribution >= 0.6 is 11.6 Å². The van der Waals surface area contributed by atoms with Gasteiger partial charge in [-0.2, -0.15) is 0 Å². The Morgan fingerprint density at radius 3 is 2.47 bits per heavy atom. The van der Waals surface area contributed by atoms with E-state index in [1.54, 1.807) is 25.1 Å². The predicted molar refractivity (Wildman–Crippen MR) is 65.4 cm³/mol. The van der Waals surface area contributed by atoms with Crippen LogP contribution in [0.2, 0.25) is 5.02 Å². The molecule has 1 amide bonds. The maximum Gasteiger partial charge on any atom is 0.328 e. The lowest BCUT2D eigenvalue weighted by Gasteiger charge is -2.21. The van der Waals surface area contributed by atoms with Crippen molar-refractivity contribution in [2.24, 2.45) is 0 Å². The Labute approximate surface area is 105 Å². The van der Waals surface area contributed by atoms with Gasteiger partial charge in [0.05, 0.1) is 10.6 Å². The molecule has 5 heteroatoms. The van der Waals surface area contributed by atoms with E-state index in [0.717, 1.165) is 5.56 Å². The fourth-order valence-electron chi connectivity index (χ4n) is 1.23. The van der Waals surface area contributed by atoms with Crippen LogP contribution in [0.1, 0.15) is 29.8 Å². The van der Waals surface area contributed by atoms with Crippen LogP contribution in [0.25, 0.3) is 0 Å². The molecule has 0 saturated carbocycles. The minimum Gasteiger partial charge on any atom is -0.480 e. The molecule has 0 aliphatic carbocycles. The van der Waals surface area contributed by atoms with Crippen LogP contribution < -0.4 is 5.32 Å². The quantitative estimate of drug-likeness (QED) is 0.871. The molecule has 0 fully saturated rings. The molecule has 0 saturated heterocycles. The van der Waals surface area contributed by atoms with E-state index in [2.05, 4.69) is 5.32 Å². The van der Waals surface area contributed by atoms with Gasteiger partial charge in [-0.05, 0) is 32.4 Å². The van der Waals surface area contributed by atoms with E-state index in [4.69, 9.17) is 16.7 Å². The van der Waals surface area contributed by atoms with Crippen molar-refractivity contribution in [3.05, 3.63) is 34.3 Å². The first-order valence-electron chi connectivity index (χ1n) is 5.06. The van der Waals surface area contributed by atoms with E-state index in [1.807, 2.05) is 0 Å². The first-order valence-corrected chi connectivity index (χ1v) is 5.44. The fraction of sp³-hybridized carbons (Fsp3) is 0.333. The zero-order valence-electron chi connectivity index (χ0n) is 9.87. The van der Waals surface area contributed by atoms with Gasteiger partial charge in [0, 0.05) is 0 Å². The molecule has 0 radical (unpaired) electrons. The van der Waals surface area contributed by atoms with Crippen molar-refractivity contribution in [1.82, 2.24) is 5.32 Å². The van der Waals surface area contributed by atoms with Crippen LogP contribution in [0.15, 0.2) is 18.2 Å². The summed E-state index contributed by atoms with van der Waals surface area (Å²) in [5, 5.41) is 11.7. The summed E-state index contributed by atoms with van der Waals surface area (Å²) < 4.78 is 0. The van der Waals surface area contributed by atoms with Crippen molar-refractivity contribution in [3.63, 3.8) is 0 Å². The van der Waals surface area contributed by atoms with Crippen molar-refractivity contribution < 1.29 is 14.7 Å². The molecule has 1 aromatic carbocycles. The number of carboxylic acids is 1. The first kappa shape index (κ1) is 13.5. The normalized spacial score (nSPS) is 11.1. The van der Waals surface area contributed by atoms with E-state index >= 15 is 0 Å². The minimum atomic E-state index is -1.33. The Morgan fingerprint density at radius 1 is 1.35 bits per heavy atom. The zero-order valence-corrected chi connectivity index (χ0v) is 10.6. The number of aliphatic carboxylic acids is 1. The van der Waals surface area contributed by atoms with Crippen molar-refractivity contribution in [2.75, 3.05) is 0 Å². The standard InChI is InChI=1S/C12H14ClNO3/c1-7-5-4-6-8(9(7)13)10(15)14-12(2,3)11(16)17/h4-6H,1-3H3,(H,14,15)(H,16,17). The number of carbonyl (C=O) groups excluding carboxylic acids is 1. The van der Waals surface area contributed by atoms with Crippen LogP contribution in [0.4, 0.5) is 0 Å². The van der Waals surface area contributed by atoms with E-state index in [0.29, 0.717) is 5.02 Å². The van der Waals surface area contributed by atoms with Gasteiger partial charge in [-0.3, -0.25) is 4.79 Å². The molecule has 0 aliphatic heterocycles. The van der Waals surface area contributed by atoms with Gasteiger partial charge in [0.15, 0.2) is 0 Å². The van der Waals surface area contributed by atoms with Crippen molar-refractivity contribution in [1.29, 1.82) is 0 Å². The molecule has 0 aromatic heterocycles. The van der Waals surface area contributed by atoms with E-state index in [1.165, 1.54) is 13.8 Å². The fourth-order valence-corrected chi connectivity index (χ4v) is 1.44. The van der Waals surface area contributed by atoms with Crippen molar-refractivity contribution in [2.45, 2.75) is 26.3 Å². The van der Waals surface area contributed by atoms with E-state index in [-0.39, 0.29) is 5.56 Å². The van der Waals surface area contributed by atoms with E-state index in [9.17, 15) is 9.59 Å². The number of carbonyl (C=O) groups is 2. The average molecular weight is 256 g/mol. The topological polar surface area (TPSA) is 66.4 Å². The Kier molecular flexibility index (Phi) is 3.78.